The first-order valence-electron chi connectivity index (χ1n) is 4.00. The number of halogens is 4. The zero-order valence-corrected chi connectivity index (χ0v) is 15.8. The zero-order chi connectivity index (χ0) is 11.9. The molecule has 0 aromatic heterocycles. The fourth-order valence-electron chi connectivity index (χ4n) is 0.544. The van der Waals surface area contributed by atoms with Crippen LogP contribution in [0.4, 0.5) is 0 Å². The van der Waals surface area contributed by atoms with Gasteiger partial charge in [-0.1, -0.05) is 63.7 Å². The van der Waals surface area contributed by atoms with Crippen LogP contribution in [0, 0.1) is 0 Å². The largest absolute Gasteiger partial charge is 0.756 e. The Hall–Kier alpha value is 1.99. The molecule has 0 atom stereocenters. The van der Waals surface area contributed by atoms with Crippen molar-refractivity contribution >= 4 is 71.5 Å². The lowest BCUT2D eigenvalue weighted by atomic mass is 10.5. The molecule has 0 aliphatic rings. The van der Waals surface area contributed by atoms with E-state index in [1.165, 1.54) is 0 Å². The summed E-state index contributed by atoms with van der Waals surface area (Å²) in [5.74, 6) is 0. The van der Waals surface area contributed by atoms with Gasteiger partial charge in [-0.2, -0.15) is 0 Å². The Morgan fingerprint density at radius 3 is 1.56 bits per heavy atom. The second-order valence-corrected chi connectivity index (χ2v) is 10.8. The number of hydrogen-bond acceptors (Lipinski definition) is 4. The van der Waals surface area contributed by atoms with Crippen molar-refractivity contribution in [1.82, 2.24) is 6.15 Å². The molecule has 0 aromatic rings. The first-order valence-corrected chi connectivity index (χ1v) is 9.12. The normalized spacial score (nSPS) is 11.9. The van der Waals surface area contributed by atoms with Crippen molar-refractivity contribution in [2.45, 2.75) is 20.3 Å². The average Bonchev–Trinajstić information content (AvgIpc) is 2.01. The minimum absolute atomic E-state index is 0. The quantitative estimate of drug-likeness (QED) is 0.393. The second kappa shape index (κ2) is 10.9. The van der Waals surface area contributed by atoms with Gasteiger partial charge in [0.15, 0.2) is 0 Å². The van der Waals surface area contributed by atoms with Crippen molar-refractivity contribution in [1.29, 1.82) is 0 Å². The molecule has 0 radical (unpaired) electrons. The summed E-state index contributed by atoms with van der Waals surface area (Å²) in [5.41, 5.74) is 0. The van der Waals surface area contributed by atoms with Crippen LogP contribution >= 0.6 is 71.5 Å². The smallest absolute Gasteiger partial charge is 0.267 e. The van der Waals surface area contributed by atoms with Crippen LogP contribution in [-0.4, -0.2) is 20.7 Å². The van der Waals surface area contributed by atoms with Gasteiger partial charge in [-0.15, -0.1) is 0 Å². The van der Waals surface area contributed by atoms with Crippen LogP contribution in [0.25, 0.3) is 0 Å². The highest BCUT2D eigenvalue weighted by molar-refractivity contribution is 9.25. The summed E-state index contributed by atoms with van der Waals surface area (Å²) >= 11 is 12.8. The molecular formula is C6H14Br4NO4P. The summed E-state index contributed by atoms with van der Waals surface area (Å²) in [4.78, 5) is 11.1. The van der Waals surface area contributed by atoms with Crippen molar-refractivity contribution in [2.24, 2.45) is 0 Å². The topological polar surface area (TPSA) is 95.1 Å². The summed E-state index contributed by atoms with van der Waals surface area (Å²) < 4.78 is 20.4. The van der Waals surface area contributed by atoms with Crippen molar-refractivity contribution < 1.29 is 18.5 Å². The zero-order valence-electron chi connectivity index (χ0n) is 8.58. The van der Waals surface area contributed by atoms with Crippen LogP contribution in [-0.2, 0) is 13.6 Å². The van der Waals surface area contributed by atoms with Crippen LogP contribution in [0.2, 0.25) is 0 Å². The number of quaternary nitrogens is 1. The van der Waals surface area contributed by atoms with E-state index in [0.29, 0.717) is 12.8 Å². The van der Waals surface area contributed by atoms with Crippen LogP contribution < -0.4 is 11.0 Å². The lowest BCUT2D eigenvalue weighted by molar-refractivity contribution is -0.225. The van der Waals surface area contributed by atoms with E-state index in [-0.39, 0.29) is 26.8 Å². The van der Waals surface area contributed by atoms with E-state index < -0.39 is 7.82 Å². The van der Waals surface area contributed by atoms with Crippen LogP contribution in [0.1, 0.15) is 12.8 Å². The number of phosphoric acid groups is 1. The first-order chi connectivity index (χ1) is 6.83. The molecular weight excluding hydrogens is 501 g/mol. The van der Waals surface area contributed by atoms with Gasteiger partial charge in [0.2, 0.25) is 0 Å². The Kier molecular flexibility index (Phi) is 13.8. The van der Waals surface area contributed by atoms with Gasteiger partial charge in [-0.05, 0) is 12.8 Å². The van der Waals surface area contributed by atoms with E-state index in [1.54, 1.807) is 0 Å². The van der Waals surface area contributed by atoms with Gasteiger partial charge in [0, 0.05) is 0 Å². The number of alkyl halides is 4. The molecule has 0 unspecified atom stereocenters. The summed E-state index contributed by atoms with van der Waals surface area (Å²) in [6.07, 6.45) is 1.07. The molecule has 0 heterocycles. The molecule has 0 aromatic carbocycles. The highest BCUT2D eigenvalue weighted by atomic mass is 79.9. The van der Waals surface area contributed by atoms with Gasteiger partial charge >= 0.3 is 0 Å². The van der Waals surface area contributed by atoms with Gasteiger partial charge < -0.3 is 20.1 Å². The van der Waals surface area contributed by atoms with Gasteiger partial charge in [0.1, 0.15) is 0 Å². The van der Waals surface area contributed by atoms with Crippen LogP contribution in [0.5, 0.6) is 0 Å². The fraction of sp³-hybridized carbons (Fsp3) is 1.00. The van der Waals surface area contributed by atoms with E-state index in [2.05, 4.69) is 72.8 Å². The molecule has 0 saturated carbocycles. The third-order valence-electron chi connectivity index (χ3n) is 1.17. The van der Waals surface area contributed by atoms with Crippen molar-refractivity contribution in [3.05, 3.63) is 0 Å². The average molecular weight is 515 g/mol. The number of phosphoric ester groups is 1. The first kappa shape index (κ1) is 20.3. The lowest BCUT2D eigenvalue weighted by Crippen LogP contribution is -2.11. The third-order valence-corrected chi connectivity index (χ3v) is 4.00. The molecule has 0 rings (SSSR count). The fourth-order valence-corrected chi connectivity index (χ4v) is 2.02. The van der Waals surface area contributed by atoms with Crippen LogP contribution in [0.3, 0.4) is 0 Å². The van der Waals surface area contributed by atoms with Gasteiger partial charge in [0.25, 0.3) is 7.82 Å². The van der Waals surface area contributed by atoms with Crippen LogP contribution in [0.15, 0.2) is 0 Å². The summed E-state index contributed by atoms with van der Waals surface area (Å²) in [5, 5.41) is 0. The molecule has 0 aliphatic carbocycles. The van der Waals surface area contributed by atoms with E-state index in [1.807, 2.05) is 0 Å². The molecule has 0 amide bonds. The maximum Gasteiger partial charge on any atom is 0.267 e. The van der Waals surface area contributed by atoms with Crippen molar-refractivity contribution in [3.8, 4) is 0 Å². The standard InChI is InChI=1S/C6H11Br4O4P.H3N/c7-5(8)1-3-13-15(11,12)14-4-2-6(9)10;/h5-6H,1-4H2,(H,11,12);1H3. The Morgan fingerprint density at radius 1 is 1.00 bits per heavy atom. The summed E-state index contributed by atoms with van der Waals surface area (Å²) in [6.45, 7) is 0.183. The van der Waals surface area contributed by atoms with Gasteiger partial charge in [0.05, 0.1) is 20.7 Å². The van der Waals surface area contributed by atoms with Gasteiger partial charge in [-0.25, -0.2) is 0 Å². The predicted octanol–water partition coefficient (Wildman–Crippen LogP) is 3.88. The van der Waals surface area contributed by atoms with E-state index in [9.17, 15) is 9.46 Å². The molecule has 10 heteroatoms. The van der Waals surface area contributed by atoms with Crippen molar-refractivity contribution in [2.75, 3.05) is 13.2 Å². The van der Waals surface area contributed by atoms with Gasteiger partial charge in [-0.3, -0.25) is 4.57 Å². The molecule has 0 saturated heterocycles. The maximum absolute atomic E-state index is 11.1. The van der Waals surface area contributed by atoms with E-state index in [4.69, 9.17) is 0 Å². The minimum atomic E-state index is -4.14. The maximum atomic E-state index is 11.1. The Labute approximate surface area is 129 Å². The molecule has 4 N–H and O–H groups in total. The molecule has 5 nitrogen and oxygen atoms in total. The third kappa shape index (κ3) is 14.1. The second-order valence-electron chi connectivity index (χ2n) is 2.47. The number of rotatable bonds is 8. The Bertz CT molecular complexity index is 201. The predicted molar refractivity (Wildman–Crippen MR) is 78.0 cm³/mol. The molecule has 100 valence electrons. The molecule has 0 aliphatic heterocycles. The summed E-state index contributed by atoms with van der Waals surface area (Å²) in [7, 11) is -4.14. The van der Waals surface area contributed by atoms with E-state index >= 15 is 0 Å². The van der Waals surface area contributed by atoms with E-state index in [0.717, 1.165) is 0 Å². The molecule has 16 heavy (non-hydrogen) atoms. The monoisotopic (exact) mass is 511 g/mol. The molecule has 0 fully saturated rings. The summed E-state index contributed by atoms with van der Waals surface area (Å²) in [6, 6.07) is 0. The van der Waals surface area contributed by atoms with Crippen molar-refractivity contribution in [3.63, 3.8) is 0 Å². The SMILES string of the molecule is O=P([O-])(OCCC(Br)Br)OCCC(Br)Br.[NH4+]. The highest BCUT2D eigenvalue weighted by Crippen LogP contribution is 2.39. The number of hydrogen-bond donors (Lipinski definition) is 1. The lowest BCUT2D eigenvalue weighted by Gasteiger charge is -2.22. The molecule has 0 spiro atoms. The molecule has 0 bridgehead atoms. The highest BCUT2D eigenvalue weighted by Gasteiger charge is 2.10. The Morgan fingerprint density at radius 2 is 1.31 bits per heavy atom. The minimum Gasteiger partial charge on any atom is -0.756 e. The Balaban J connectivity index is 0.